The van der Waals surface area contributed by atoms with Crippen LogP contribution >= 0.6 is 15.9 Å². The molecule has 0 N–H and O–H groups in total. The molecule has 1 unspecified atom stereocenters. The molecular weight excluding hydrogens is 308 g/mol. The SMILES string of the molecule is CCOC(=O)C(C(=O)Cc1ccc(Br)cc1)C(C)C. The van der Waals surface area contributed by atoms with Crippen LogP contribution in [-0.4, -0.2) is 18.4 Å². The lowest BCUT2D eigenvalue weighted by molar-refractivity contribution is -0.153. The first-order chi connectivity index (χ1) is 8.95. The van der Waals surface area contributed by atoms with Gasteiger partial charge in [0, 0.05) is 10.9 Å². The van der Waals surface area contributed by atoms with E-state index in [1.807, 2.05) is 38.1 Å². The fraction of sp³-hybridized carbons (Fsp3) is 0.467. The van der Waals surface area contributed by atoms with Crippen LogP contribution < -0.4 is 0 Å². The number of carbonyl (C=O) groups excluding carboxylic acids is 2. The lowest BCUT2D eigenvalue weighted by atomic mass is 9.88. The molecular formula is C15H19BrO3. The standard InChI is InChI=1S/C15H19BrO3/c1-4-19-15(18)14(10(2)3)13(17)9-11-5-7-12(16)8-6-11/h5-8,10,14H,4,9H2,1-3H3. The van der Waals surface area contributed by atoms with E-state index in [1.54, 1.807) is 6.92 Å². The van der Waals surface area contributed by atoms with E-state index >= 15 is 0 Å². The maximum Gasteiger partial charge on any atom is 0.316 e. The van der Waals surface area contributed by atoms with Crippen molar-refractivity contribution in [1.82, 2.24) is 0 Å². The van der Waals surface area contributed by atoms with E-state index in [4.69, 9.17) is 4.74 Å². The minimum absolute atomic E-state index is 0.0537. The third kappa shape index (κ3) is 4.78. The number of Topliss-reactive ketones (excluding diaryl/α,β-unsaturated/α-hetero) is 1. The van der Waals surface area contributed by atoms with E-state index in [0.717, 1.165) is 10.0 Å². The fourth-order valence-electron chi connectivity index (χ4n) is 1.92. The molecule has 0 saturated heterocycles. The predicted molar refractivity (Wildman–Crippen MR) is 77.8 cm³/mol. The Morgan fingerprint density at radius 3 is 2.26 bits per heavy atom. The summed E-state index contributed by atoms with van der Waals surface area (Å²) in [6.45, 7) is 5.77. The second kappa shape index (κ2) is 7.43. The Morgan fingerprint density at radius 1 is 1.21 bits per heavy atom. The molecule has 1 aromatic carbocycles. The van der Waals surface area contributed by atoms with Gasteiger partial charge in [-0.15, -0.1) is 0 Å². The van der Waals surface area contributed by atoms with Gasteiger partial charge in [0.05, 0.1) is 6.61 Å². The monoisotopic (exact) mass is 326 g/mol. The normalized spacial score (nSPS) is 12.3. The smallest absolute Gasteiger partial charge is 0.316 e. The summed E-state index contributed by atoms with van der Waals surface area (Å²) in [4.78, 5) is 24.1. The van der Waals surface area contributed by atoms with Crippen molar-refractivity contribution in [2.24, 2.45) is 11.8 Å². The number of rotatable bonds is 6. The van der Waals surface area contributed by atoms with Crippen molar-refractivity contribution >= 4 is 27.7 Å². The quantitative estimate of drug-likeness (QED) is 0.594. The summed E-state index contributed by atoms with van der Waals surface area (Å²) in [5, 5.41) is 0. The molecule has 104 valence electrons. The van der Waals surface area contributed by atoms with Crippen LogP contribution in [0.4, 0.5) is 0 Å². The zero-order valence-electron chi connectivity index (χ0n) is 11.5. The first-order valence-corrected chi connectivity index (χ1v) is 7.18. The van der Waals surface area contributed by atoms with Gasteiger partial charge in [-0.05, 0) is 30.5 Å². The summed E-state index contributed by atoms with van der Waals surface area (Å²) in [5.41, 5.74) is 0.906. The number of ketones is 1. The van der Waals surface area contributed by atoms with Crippen molar-refractivity contribution in [1.29, 1.82) is 0 Å². The molecule has 0 aliphatic heterocycles. The van der Waals surface area contributed by atoms with Crippen LogP contribution in [0.5, 0.6) is 0 Å². The molecule has 0 amide bonds. The van der Waals surface area contributed by atoms with E-state index in [9.17, 15) is 9.59 Å². The highest BCUT2D eigenvalue weighted by Gasteiger charge is 2.30. The second-order valence-corrected chi connectivity index (χ2v) is 5.66. The molecule has 0 aromatic heterocycles. The Morgan fingerprint density at radius 2 is 1.79 bits per heavy atom. The molecule has 0 saturated carbocycles. The predicted octanol–water partition coefficient (Wildman–Crippen LogP) is 3.40. The maximum atomic E-state index is 12.2. The minimum atomic E-state index is -0.677. The number of esters is 1. The van der Waals surface area contributed by atoms with Crippen LogP contribution in [0.3, 0.4) is 0 Å². The van der Waals surface area contributed by atoms with Gasteiger partial charge >= 0.3 is 5.97 Å². The molecule has 1 atom stereocenters. The molecule has 0 aliphatic rings. The number of carbonyl (C=O) groups is 2. The molecule has 19 heavy (non-hydrogen) atoms. The summed E-state index contributed by atoms with van der Waals surface area (Å²) in [5.74, 6) is -1.24. The molecule has 0 bridgehead atoms. The molecule has 0 spiro atoms. The van der Waals surface area contributed by atoms with E-state index in [2.05, 4.69) is 15.9 Å². The summed E-state index contributed by atoms with van der Waals surface area (Å²) < 4.78 is 5.94. The third-order valence-corrected chi connectivity index (χ3v) is 3.37. The van der Waals surface area contributed by atoms with E-state index in [-0.39, 0.29) is 18.1 Å². The van der Waals surface area contributed by atoms with Crippen molar-refractivity contribution in [3.05, 3.63) is 34.3 Å². The van der Waals surface area contributed by atoms with Crippen LogP contribution in [-0.2, 0) is 20.7 Å². The van der Waals surface area contributed by atoms with Gasteiger partial charge in [0.2, 0.25) is 0 Å². The zero-order valence-corrected chi connectivity index (χ0v) is 13.1. The molecule has 4 heteroatoms. The second-order valence-electron chi connectivity index (χ2n) is 4.74. The van der Waals surface area contributed by atoms with Gasteiger partial charge in [0.1, 0.15) is 5.92 Å². The number of hydrogen-bond donors (Lipinski definition) is 0. The molecule has 1 aromatic rings. The Hall–Kier alpha value is -1.16. The topological polar surface area (TPSA) is 43.4 Å². The Labute approximate surface area is 122 Å². The zero-order chi connectivity index (χ0) is 14.4. The van der Waals surface area contributed by atoms with E-state index in [1.165, 1.54) is 0 Å². The average Bonchev–Trinajstić information content (AvgIpc) is 2.32. The van der Waals surface area contributed by atoms with Crippen molar-refractivity contribution in [2.45, 2.75) is 27.2 Å². The van der Waals surface area contributed by atoms with Crippen molar-refractivity contribution in [3.63, 3.8) is 0 Å². The van der Waals surface area contributed by atoms with Crippen molar-refractivity contribution in [2.75, 3.05) is 6.61 Å². The lowest BCUT2D eigenvalue weighted by Crippen LogP contribution is -2.31. The molecule has 0 aliphatic carbocycles. The molecule has 0 radical (unpaired) electrons. The highest BCUT2D eigenvalue weighted by atomic mass is 79.9. The fourth-order valence-corrected chi connectivity index (χ4v) is 2.19. The third-order valence-electron chi connectivity index (χ3n) is 2.85. The van der Waals surface area contributed by atoms with Gasteiger partial charge in [-0.2, -0.15) is 0 Å². The van der Waals surface area contributed by atoms with Crippen LogP contribution in [0.2, 0.25) is 0 Å². The first kappa shape index (κ1) is 15.9. The highest BCUT2D eigenvalue weighted by Crippen LogP contribution is 2.18. The summed E-state index contributed by atoms with van der Waals surface area (Å²) in [7, 11) is 0. The molecule has 0 heterocycles. The number of halogens is 1. The van der Waals surface area contributed by atoms with Gasteiger partial charge in [-0.25, -0.2) is 0 Å². The van der Waals surface area contributed by atoms with Crippen molar-refractivity contribution < 1.29 is 14.3 Å². The van der Waals surface area contributed by atoms with Gasteiger partial charge in [-0.1, -0.05) is 41.9 Å². The molecule has 3 nitrogen and oxygen atoms in total. The number of ether oxygens (including phenoxy) is 1. The number of benzene rings is 1. The summed E-state index contributed by atoms with van der Waals surface area (Å²) in [6, 6.07) is 7.53. The lowest BCUT2D eigenvalue weighted by Gasteiger charge is -2.17. The van der Waals surface area contributed by atoms with Gasteiger partial charge in [0.25, 0.3) is 0 Å². The average molecular weight is 327 g/mol. The number of hydrogen-bond acceptors (Lipinski definition) is 3. The van der Waals surface area contributed by atoms with Gasteiger partial charge in [-0.3, -0.25) is 9.59 Å². The van der Waals surface area contributed by atoms with E-state index < -0.39 is 11.9 Å². The minimum Gasteiger partial charge on any atom is -0.465 e. The van der Waals surface area contributed by atoms with E-state index in [0.29, 0.717) is 6.61 Å². The van der Waals surface area contributed by atoms with Gasteiger partial charge in [0.15, 0.2) is 5.78 Å². The van der Waals surface area contributed by atoms with Crippen LogP contribution in [0.25, 0.3) is 0 Å². The Balaban J connectivity index is 2.77. The summed E-state index contributed by atoms with van der Waals surface area (Å²) >= 11 is 3.35. The van der Waals surface area contributed by atoms with Crippen molar-refractivity contribution in [3.8, 4) is 0 Å². The molecule has 0 fully saturated rings. The highest BCUT2D eigenvalue weighted by molar-refractivity contribution is 9.10. The maximum absolute atomic E-state index is 12.2. The largest absolute Gasteiger partial charge is 0.465 e. The Kier molecular flexibility index (Phi) is 6.22. The summed E-state index contributed by atoms with van der Waals surface area (Å²) in [6.07, 6.45) is 0.259. The Bertz CT molecular complexity index is 437. The first-order valence-electron chi connectivity index (χ1n) is 6.39. The van der Waals surface area contributed by atoms with Gasteiger partial charge < -0.3 is 4.74 Å². The van der Waals surface area contributed by atoms with Crippen LogP contribution in [0.1, 0.15) is 26.3 Å². The van der Waals surface area contributed by atoms with Crippen LogP contribution in [0, 0.1) is 11.8 Å². The molecule has 1 rings (SSSR count). The van der Waals surface area contributed by atoms with Crippen LogP contribution in [0.15, 0.2) is 28.7 Å².